The lowest BCUT2D eigenvalue weighted by Gasteiger charge is -2.22. The largest absolute Gasteiger partial charge is 0.356 e. The summed E-state index contributed by atoms with van der Waals surface area (Å²) < 4.78 is 1.15. The maximum atomic E-state index is 3.58. The number of piperidine rings is 1. The van der Waals surface area contributed by atoms with Gasteiger partial charge in [0.05, 0.1) is 5.52 Å². The quantitative estimate of drug-likeness (QED) is 0.817. The van der Waals surface area contributed by atoms with Crippen LogP contribution in [-0.2, 0) is 0 Å². The summed E-state index contributed by atoms with van der Waals surface area (Å²) in [5, 5.41) is 4.86. The Bertz CT molecular complexity index is 498. The van der Waals surface area contributed by atoms with Gasteiger partial charge in [-0.25, -0.2) is 0 Å². The Labute approximate surface area is 104 Å². The third-order valence-corrected chi connectivity index (χ3v) is 3.97. The fourth-order valence-electron chi connectivity index (χ4n) is 2.45. The Morgan fingerprint density at radius 3 is 2.94 bits per heavy atom. The number of aromatic nitrogens is 1. The van der Waals surface area contributed by atoms with Gasteiger partial charge < -0.3 is 10.3 Å². The van der Waals surface area contributed by atoms with E-state index in [0.717, 1.165) is 11.0 Å². The van der Waals surface area contributed by atoms with Gasteiger partial charge >= 0.3 is 0 Å². The van der Waals surface area contributed by atoms with Gasteiger partial charge in [-0.1, -0.05) is 18.6 Å². The van der Waals surface area contributed by atoms with Crippen LogP contribution in [0.25, 0.3) is 10.9 Å². The summed E-state index contributed by atoms with van der Waals surface area (Å²) in [7, 11) is 0. The number of para-hydroxylation sites is 1. The molecule has 0 saturated carbocycles. The van der Waals surface area contributed by atoms with Crippen LogP contribution in [0.3, 0.4) is 0 Å². The molecule has 1 atom stereocenters. The van der Waals surface area contributed by atoms with Crippen molar-refractivity contribution < 1.29 is 0 Å². The summed E-state index contributed by atoms with van der Waals surface area (Å²) in [5.74, 6) is 0. The number of rotatable bonds is 1. The van der Waals surface area contributed by atoms with Gasteiger partial charge in [0, 0.05) is 21.6 Å². The normalized spacial score (nSPS) is 21.4. The molecule has 1 unspecified atom stereocenters. The van der Waals surface area contributed by atoms with Crippen LogP contribution in [0.1, 0.15) is 31.0 Å². The number of H-pyrrole nitrogens is 1. The second-order valence-electron chi connectivity index (χ2n) is 4.43. The van der Waals surface area contributed by atoms with Gasteiger partial charge in [0.15, 0.2) is 0 Å². The smallest absolute Gasteiger partial charge is 0.0600 e. The molecule has 1 aliphatic heterocycles. The highest BCUT2D eigenvalue weighted by atomic mass is 79.9. The van der Waals surface area contributed by atoms with Crippen molar-refractivity contribution in [2.24, 2.45) is 0 Å². The predicted molar refractivity (Wildman–Crippen MR) is 70.6 cm³/mol. The number of aromatic amines is 1. The highest BCUT2D eigenvalue weighted by molar-refractivity contribution is 9.10. The molecule has 0 bridgehead atoms. The van der Waals surface area contributed by atoms with Gasteiger partial charge in [0.25, 0.3) is 0 Å². The molecule has 0 amide bonds. The molecule has 0 spiro atoms. The van der Waals surface area contributed by atoms with E-state index in [0.29, 0.717) is 6.04 Å². The van der Waals surface area contributed by atoms with Crippen LogP contribution in [0.5, 0.6) is 0 Å². The molecule has 1 saturated heterocycles. The van der Waals surface area contributed by atoms with Gasteiger partial charge in [-0.2, -0.15) is 0 Å². The van der Waals surface area contributed by atoms with Crippen LogP contribution in [-0.4, -0.2) is 11.5 Å². The zero-order valence-corrected chi connectivity index (χ0v) is 10.7. The van der Waals surface area contributed by atoms with Gasteiger partial charge in [-0.3, -0.25) is 0 Å². The summed E-state index contributed by atoms with van der Waals surface area (Å²) in [4.78, 5) is 3.52. The van der Waals surface area contributed by atoms with Crippen LogP contribution in [0.15, 0.2) is 28.7 Å². The average molecular weight is 279 g/mol. The molecular formula is C13H15BrN2. The molecule has 1 aromatic carbocycles. The molecule has 0 radical (unpaired) electrons. The number of fused-ring (bicyclic) bond motifs is 1. The molecule has 0 aliphatic carbocycles. The number of benzene rings is 1. The Kier molecular flexibility index (Phi) is 2.74. The lowest BCUT2D eigenvalue weighted by molar-refractivity contribution is 0.407. The maximum absolute atomic E-state index is 3.58. The lowest BCUT2D eigenvalue weighted by Crippen LogP contribution is -2.26. The van der Waals surface area contributed by atoms with Gasteiger partial charge in [-0.15, -0.1) is 0 Å². The minimum absolute atomic E-state index is 0.507. The fourth-order valence-corrected chi connectivity index (χ4v) is 2.93. The summed E-state index contributed by atoms with van der Waals surface area (Å²) in [6.45, 7) is 1.14. The van der Waals surface area contributed by atoms with Crippen LogP contribution in [0, 0.1) is 0 Å². The molecule has 1 aliphatic rings. The van der Waals surface area contributed by atoms with Crippen molar-refractivity contribution in [1.29, 1.82) is 0 Å². The second-order valence-corrected chi connectivity index (χ2v) is 5.29. The molecule has 2 aromatic rings. The molecule has 3 rings (SSSR count). The molecule has 2 N–H and O–H groups in total. The van der Waals surface area contributed by atoms with Crippen LogP contribution < -0.4 is 5.32 Å². The fraction of sp³-hybridized carbons (Fsp3) is 0.385. The van der Waals surface area contributed by atoms with E-state index in [4.69, 9.17) is 0 Å². The lowest BCUT2D eigenvalue weighted by atomic mass is 10.0. The second kappa shape index (κ2) is 4.22. The van der Waals surface area contributed by atoms with E-state index in [1.165, 1.54) is 35.9 Å². The Morgan fingerprint density at radius 2 is 2.19 bits per heavy atom. The van der Waals surface area contributed by atoms with E-state index in [-0.39, 0.29) is 0 Å². The van der Waals surface area contributed by atoms with Crippen molar-refractivity contribution in [3.05, 3.63) is 34.4 Å². The summed E-state index contributed by atoms with van der Waals surface area (Å²) >= 11 is 3.58. The van der Waals surface area contributed by atoms with E-state index in [1.54, 1.807) is 0 Å². The Morgan fingerprint density at radius 1 is 1.25 bits per heavy atom. The third-order valence-electron chi connectivity index (χ3n) is 3.31. The van der Waals surface area contributed by atoms with Crippen molar-refractivity contribution in [3.63, 3.8) is 0 Å². The van der Waals surface area contributed by atoms with Gasteiger partial charge in [0.2, 0.25) is 0 Å². The van der Waals surface area contributed by atoms with Crippen molar-refractivity contribution in [1.82, 2.24) is 10.3 Å². The topological polar surface area (TPSA) is 27.8 Å². The van der Waals surface area contributed by atoms with E-state index in [2.05, 4.69) is 50.5 Å². The van der Waals surface area contributed by atoms with Gasteiger partial charge in [0.1, 0.15) is 0 Å². The van der Waals surface area contributed by atoms with Crippen LogP contribution in [0.2, 0.25) is 0 Å². The minimum Gasteiger partial charge on any atom is -0.356 e. The highest BCUT2D eigenvalue weighted by Crippen LogP contribution is 2.29. The van der Waals surface area contributed by atoms with E-state index >= 15 is 0 Å². The Balaban J connectivity index is 2.01. The third kappa shape index (κ3) is 1.78. The van der Waals surface area contributed by atoms with Crippen molar-refractivity contribution in [2.45, 2.75) is 25.3 Å². The van der Waals surface area contributed by atoms with E-state index < -0.39 is 0 Å². The van der Waals surface area contributed by atoms with E-state index in [1.807, 2.05) is 0 Å². The molecule has 16 heavy (non-hydrogen) atoms. The first-order valence-electron chi connectivity index (χ1n) is 5.85. The highest BCUT2D eigenvalue weighted by Gasteiger charge is 2.16. The SMILES string of the molecule is Brc1cccc2cc(C3CCCCN3)[nH]c12. The maximum Gasteiger partial charge on any atom is 0.0600 e. The number of halogens is 1. The summed E-state index contributed by atoms with van der Waals surface area (Å²) in [6.07, 6.45) is 3.87. The van der Waals surface area contributed by atoms with Crippen LogP contribution >= 0.6 is 15.9 Å². The molecule has 3 heteroatoms. The Hall–Kier alpha value is -0.800. The number of hydrogen-bond acceptors (Lipinski definition) is 1. The number of hydrogen-bond donors (Lipinski definition) is 2. The van der Waals surface area contributed by atoms with Crippen molar-refractivity contribution >= 4 is 26.8 Å². The van der Waals surface area contributed by atoms with E-state index in [9.17, 15) is 0 Å². The standard InChI is InChI=1S/C13H15BrN2/c14-10-5-3-4-9-8-12(16-13(9)10)11-6-1-2-7-15-11/h3-5,8,11,15-16H,1-2,6-7H2. The van der Waals surface area contributed by atoms with Crippen molar-refractivity contribution in [3.8, 4) is 0 Å². The summed E-state index contributed by atoms with van der Waals surface area (Å²) in [5.41, 5.74) is 2.53. The molecule has 84 valence electrons. The van der Waals surface area contributed by atoms with Gasteiger partial charge in [-0.05, 0) is 47.4 Å². The molecule has 1 aromatic heterocycles. The number of nitrogens with one attached hydrogen (secondary N) is 2. The zero-order chi connectivity index (χ0) is 11.0. The predicted octanol–water partition coefficient (Wildman–Crippen LogP) is 3.75. The first kappa shape index (κ1) is 10.4. The zero-order valence-electron chi connectivity index (χ0n) is 9.09. The molecule has 1 fully saturated rings. The monoisotopic (exact) mass is 278 g/mol. The average Bonchev–Trinajstić information content (AvgIpc) is 2.76. The van der Waals surface area contributed by atoms with Crippen molar-refractivity contribution in [2.75, 3.05) is 6.54 Å². The minimum atomic E-state index is 0.507. The molecule has 2 heterocycles. The first-order valence-corrected chi connectivity index (χ1v) is 6.64. The molecular weight excluding hydrogens is 264 g/mol. The van der Waals surface area contributed by atoms with Crippen LogP contribution in [0.4, 0.5) is 0 Å². The first-order chi connectivity index (χ1) is 7.84. The summed E-state index contributed by atoms with van der Waals surface area (Å²) in [6, 6.07) is 9.09. The molecule has 2 nitrogen and oxygen atoms in total.